The summed E-state index contributed by atoms with van der Waals surface area (Å²) in [6, 6.07) is 0.658. The van der Waals surface area contributed by atoms with Gasteiger partial charge in [0.05, 0.1) is 6.54 Å². The largest absolute Gasteiger partial charge is 0.311 e. The van der Waals surface area contributed by atoms with E-state index in [-0.39, 0.29) is 0 Å². The predicted octanol–water partition coefficient (Wildman–Crippen LogP) is 1.20. The Bertz CT molecular complexity index is 325. The molecule has 0 atom stereocenters. The molecule has 0 radical (unpaired) electrons. The van der Waals surface area contributed by atoms with E-state index in [1.165, 1.54) is 12.8 Å². The molecule has 14 heavy (non-hydrogen) atoms. The van der Waals surface area contributed by atoms with Crippen molar-refractivity contribution in [3.8, 4) is 0 Å². The topological polar surface area (TPSA) is 42.7 Å². The van der Waals surface area contributed by atoms with E-state index in [2.05, 4.69) is 26.7 Å². The molecule has 0 bridgehead atoms. The van der Waals surface area contributed by atoms with Gasteiger partial charge >= 0.3 is 0 Å². The highest BCUT2D eigenvalue weighted by Crippen LogP contribution is 2.36. The molecule has 0 spiro atoms. The lowest BCUT2D eigenvalue weighted by Crippen LogP contribution is -2.17. The van der Waals surface area contributed by atoms with Crippen LogP contribution in [0.2, 0.25) is 0 Å². The quantitative estimate of drug-likeness (QED) is 0.563. The molecule has 1 aromatic heterocycles. The second kappa shape index (κ2) is 3.92. The number of nitrogens with one attached hydrogen (secondary N) is 1. The Balaban J connectivity index is 2.04. The summed E-state index contributed by atoms with van der Waals surface area (Å²) in [5, 5.41) is 11.5. The Morgan fingerprint density at radius 3 is 3.00 bits per heavy atom. The maximum absolute atomic E-state index is 4.16. The van der Waals surface area contributed by atoms with Gasteiger partial charge in [0, 0.05) is 12.6 Å². The summed E-state index contributed by atoms with van der Waals surface area (Å²) in [6.07, 6.45) is 4.39. The van der Waals surface area contributed by atoms with E-state index in [9.17, 15) is 0 Å². The third-order valence-corrected chi connectivity index (χ3v) is 2.42. The predicted molar refractivity (Wildman–Crippen MR) is 54.9 cm³/mol. The molecule has 4 nitrogen and oxygen atoms in total. The summed E-state index contributed by atoms with van der Waals surface area (Å²) >= 11 is 0. The van der Waals surface area contributed by atoms with Crippen molar-refractivity contribution >= 4 is 0 Å². The van der Waals surface area contributed by atoms with Crippen molar-refractivity contribution < 1.29 is 0 Å². The molecule has 1 N–H and O–H groups in total. The van der Waals surface area contributed by atoms with Gasteiger partial charge in [0.15, 0.2) is 0 Å². The van der Waals surface area contributed by atoms with E-state index in [0.29, 0.717) is 6.04 Å². The molecule has 4 heteroatoms. The van der Waals surface area contributed by atoms with Gasteiger partial charge in [-0.05, 0) is 19.8 Å². The molecule has 1 saturated carbocycles. The number of hydrogen-bond acceptors (Lipinski definition) is 3. The highest BCUT2D eigenvalue weighted by Gasteiger charge is 2.27. The minimum Gasteiger partial charge on any atom is -0.311 e. The van der Waals surface area contributed by atoms with Crippen molar-refractivity contribution in [1.29, 1.82) is 0 Å². The first-order valence-corrected chi connectivity index (χ1v) is 5.05. The van der Waals surface area contributed by atoms with E-state index in [1.54, 1.807) is 0 Å². The van der Waals surface area contributed by atoms with Gasteiger partial charge in [-0.25, -0.2) is 0 Å². The fourth-order valence-corrected chi connectivity index (χ4v) is 1.63. The molecule has 0 aromatic carbocycles. The Kier molecular flexibility index (Phi) is 2.63. The van der Waals surface area contributed by atoms with Gasteiger partial charge in [0.1, 0.15) is 11.6 Å². The second-order valence-electron chi connectivity index (χ2n) is 3.68. The lowest BCUT2D eigenvalue weighted by molar-refractivity contribution is 0.620. The monoisotopic (exact) mass is 192 g/mol. The van der Waals surface area contributed by atoms with Crippen LogP contribution in [0, 0.1) is 6.92 Å². The first kappa shape index (κ1) is 9.40. The fraction of sp³-hybridized carbons (Fsp3) is 0.600. The Hall–Kier alpha value is -1.16. The highest BCUT2D eigenvalue weighted by molar-refractivity contribution is 5.01. The molecular weight excluding hydrogens is 176 g/mol. The van der Waals surface area contributed by atoms with Gasteiger partial charge in [-0.1, -0.05) is 6.08 Å². The molecule has 0 unspecified atom stereocenters. The molecule has 1 aromatic rings. The molecule has 1 aliphatic carbocycles. The number of hydrogen-bond donors (Lipinski definition) is 1. The summed E-state index contributed by atoms with van der Waals surface area (Å²) in [7, 11) is 0. The first-order chi connectivity index (χ1) is 6.83. The zero-order chi connectivity index (χ0) is 9.97. The normalized spacial score (nSPS) is 15.8. The number of aromatic nitrogens is 3. The first-order valence-electron chi connectivity index (χ1n) is 5.05. The van der Waals surface area contributed by atoms with Crippen LogP contribution in [0.1, 0.15) is 30.5 Å². The number of nitrogens with zero attached hydrogens (tertiary/aromatic N) is 3. The summed E-state index contributed by atoms with van der Waals surface area (Å²) in [6.45, 7) is 7.27. The van der Waals surface area contributed by atoms with E-state index in [1.807, 2.05) is 13.0 Å². The van der Waals surface area contributed by atoms with Gasteiger partial charge in [-0.15, -0.1) is 16.8 Å². The zero-order valence-corrected chi connectivity index (χ0v) is 8.53. The standard InChI is InChI=1S/C10H16N4/c1-3-6-11-7-10-13-12-8(2)14(10)9-4-5-9/h3,9,11H,1,4-7H2,2H3. The van der Waals surface area contributed by atoms with Crippen LogP contribution in [0.4, 0.5) is 0 Å². The summed E-state index contributed by atoms with van der Waals surface area (Å²) in [4.78, 5) is 0. The van der Waals surface area contributed by atoms with Crippen molar-refractivity contribution in [3.05, 3.63) is 24.3 Å². The van der Waals surface area contributed by atoms with Crippen LogP contribution >= 0.6 is 0 Å². The smallest absolute Gasteiger partial charge is 0.147 e. The fourth-order valence-electron chi connectivity index (χ4n) is 1.63. The van der Waals surface area contributed by atoms with Crippen molar-refractivity contribution in [1.82, 2.24) is 20.1 Å². The average Bonchev–Trinajstić information content (AvgIpc) is 2.93. The van der Waals surface area contributed by atoms with Crippen LogP contribution in [0.3, 0.4) is 0 Å². The number of rotatable bonds is 5. The lowest BCUT2D eigenvalue weighted by Gasteiger charge is -2.06. The van der Waals surface area contributed by atoms with E-state index < -0.39 is 0 Å². The minimum absolute atomic E-state index is 0.658. The van der Waals surface area contributed by atoms with Crippen molar-refractivity contribution in [2.24, 2.45) is 0 Å². The van der Waals surface area contributed by atoms with Crippen LogP contribution in [0.15, 0.2) is 12.7 Å². The Labute approximate surface area is 84.0 Å². The number of aryl methyl sites for hydroxylation is 1. The lowest BCUT2D eigenvalue weighted by atomic mass is 10.5. The Morgan fingerprint density at radius 1 is 1.57 bits per heavy atom. The van der Waals surface area contributed by atoms with Crippen LogP contribution in [0.5, 0.6) is 0 Å². The molecular formula is C10H16N4. The molecule has 2 rings (SSSR count). The third-order valence-electron chi connectivity index (χ3n) is 2.42. The Morgan fingerprint density at radius 2 is 2.36 bits per heavy atom. The van der Waals surface area contributed by atoms with Gasteiger partial charge in [-0.2, -0.15) is 0 Å². The van der Waals surface area contributed by atoms with Gasteiger partial charge in [-0.3, -0.25) is 0 Å². The van der Waals surface area contributed by atoms with Crippen LogP contribution in [-0.2, 0) is 6.54 Å². The van der Waals surface area contributed by atoms with Crippen molar-refractivity contribution in [2.45, 2.75) is 32.4 Å². The molecule has 0 amide bonds. The maximum Gasteiger partial charge on any atom is 0.147 e. The summed E-state index contributed by atoms with van der Waals surface area (Å²) in [5.41, 5.74) is 0. The highest BCUT2D eigenvalue weighted by atomic mass is 15.3. The van der Waals surface area contributed by atoms with Gasteiger partial charge in [0.2, 0.25) is 0 Å². The molecule has 1 heterocycles. The molecule has 1 fully saturated rings. The van der Waals surface area contributed by atoms with Gasteiger partial charge in [0.25, 0.3) is 0 Å². The average molecular weight is 192 g/mol. The van der Waals surface area contributed by atoms with Crippen molar-refractivity contribution in [3.63, 3.8) is 0 Å². The van der Waals surface area contributed by atoms with Crippen LogP contribution in [-0.4, -0.2) is 21.3 Å². The second-order valence-corrected chi connectivity index (χ2v) is 3.68. The maximum atomic E-state index is 4.16. The van der Waals surface area contributed by atoms with E-state index >= 15 is 0 Å². The zero-order valence-electron chi connectivity index (χ0n) is 8.53. The third kappa shape index (κ3) is 1.85. The minimum atomic E-state index is 0.658. The molecule has 0 saturated heterocycles. The summed E-state index contributed by atoms with van der Waals surface area (Å²) < 4.78 is 2.25. The van der Waals surface area contributed by atoms with Gasteiger partial charge < -0.3 is 9.88 Å². The van der Waals surface area contributed by atoms with Crippen LogP contribution < -0.4 is 5.32 Å². The molecule has 0 aliphatic heterocycles. The SMILES string of the molecule is C=CCNCc1nnc(C)n1C1CC1. The molecule has 76 valence electrons. The molecule has 1 aliphatic rings. The van der Waals surface area contributed by atoms with Crippen LogP contribution in [0.25, 0.3) is 0 Å². The van der Waals surface area contributed by atoms with Crippen molar-refractivity contribution in [2.75, 3.05) is 6.54 Å². The van der Waals surface area contributed by atoms with E-state index in [4.69, 9.17) is 0 Å². The summed E-state index contributed by atoms with van der Waals surface area (Å²) in [5.74, 6) is 2.08. The van der Waals surface area contributed by atoms with E-state index in [0.717, 1.165) is 24.7 Å².